The van der Waals surface area contributed by atoms with E-state index >= 15 is 0 Å². The van der Waals surface area contributed by atoms with E-state index in [2.05, 4.69) is 20.8 Å². The SMILES string of the molecule is CCCC(=O)Nc1sc2c(c1C(=O)NCC1CC1)CC(n1c(N(CC)Cc3ccccc3)nnc1C(F)(F)F)CC2. The number of hydrogen-bond donors (Lipinski definition) is 2. The van der Waals surface area contributed by atoms with Crippen LogP contribution in [0.3, 0.4) is 0 Å². The number of anilines is 2. The van der Waals surface area contributed by atoms with Crippen molar-refractivity contribution in [2.24, 2.45) is 5.92 Å². The van der Waals surface area contributed by atoms with E-state index < -0.39 is 18.0 Å². The van der Waals surface area contributed by atoms with Crippen LogP contribution in [0.25, 0.3) is 0 Å². The Bertz CT molecular complexity index is 1380. The van der Waals surface area contributed by atoms with E-state index in [4.69, 9.17) is 0 Å². The first-order chi connectivity index (χ1) is 19.7. The Morgan fingerprint density at radius 3 is 2.54 bits per heavy atom. The summed E-state index contributed by atoms with van der Waals surface area (Å²) in [5.41, 5.74) is 2.02. The van der Waals surface area contributed by atoms with Gasteiger partial charge in [0.2, 0.25) is 17.7 Å². The molecule has 5 rings (SSSR count). The van der Waals surface area contributed by atoms with Crippen molar-refractivity contribution in [3.63, 3.8) is 0 Å². The number of carbonyl (C=O) groups is 2. The molecule has 0 saturated heterocycles. The zero-order valence-electron chi connectivity index (χ0n) is 23.3. The maximum absolute atomic E-state index is 14.3. The topological polar surface area (TPSA) is 92.2 Å². The van der Waals surface area contributed by atoms with Gasteiger partial charge in [0.05, 0.1) is 5.56 Å². The number of aromatic nitrogens is 3. The van der Waals surface area contributed by atoms with Crippen LogP contribution in [0.4, 0.5) is 24.1 Å². The van der Waals surface area contributed by atoms with Gasteiger partial charge in [-0.05, 0) is 62.5 Å². The first kappa shape index (κ1) is 29.1. The molecule has 3 aromatic rings. The number of benzene rings is 1. The van der Waals surface area contributed by atoms with E-state index in [1.165, 1.54) is 15.9 Å². The minimum absolute atomic E-state index is 0.156. The van der Waals surface area contributed by atoms with Gasteiger partial charge in [-0.25, -0.2) is 0 Å². The number of alkyl halides is 3. The molecule has 2 aliphatic carbocycles. The number of halogens is 3. The highest BCUT2D eigenvalue weighted by Crippen LogP contribution is 2.44. The number of fused-ring (bicyclic) bond motifs is 1. The molecule has 0 aliphatic heterocycles. The van der Waals surface area contributed by atoms with Gasteiger partial charge in [0.15, 0.2) is 0 Å². The number of nitrogens with one attached hydrogen (secondary N) is 2. The molecule has 1 aromatic carbocycles. The minimum Gasteiger partial charge on any atom is -0.352 e. The van der Waals surface area contributed by atoms with E-state index in [0.29, 0.717) is 67.4 Å². The van der Waals surface area contributed by atoms with Gasteiger partial charge in [-0.15, -0.1) is 21.5 Å². The number of aryl methyl sites for hydroxylation is 1. The highest BCUT2D eigenvalue weighted by atomic mass is 32.1. The van der Waals surface area contributed by atoms with Crippen LogP contribution in [0, 0.1) is 5.92 Å². The van der Waals surface area contributed by atoms with Crippen LogP contribution in [-0.2, 0) is 30.4 Å². The molecule has 1 atom stereocenters. The molecule has 41 heavy (non-hydrogen) atoms. The number of amides is 2. The van der Waals surface area contributed by atoms with Crippen LogP contribution >= 0.6 is 11.3 Å². The van der Waals surface area contributed by atoms with E-state index in [0.717, 1.165) is 23.3 Å². The summed E-state index contributed by atoms with van der Waals surface area (Å²) in [6.45, 7) is 5.14. The second kappa shape index (κ2) is 12.2. The average molecular weight is 589 g/mol. The zero-order valence-corrected chi connectivity index (χ0v) is 24.1. The maximum Gasteiger partial charge on any atom is 0.451 e. The number of carbonyl (C=O) groups excluding carboxylic acids is 2. The van der Waals surface area contributed by atoms with Crippen LogP contribution in [0.2, 0.25) is 0 Å². The van der Waals surface area contributed by atoms with Crippen LogP contribution in [0.1, 0.15) is 84.2 Å². The molecule has 0 spiro atoms. The summed E-state index contributed by atoms with van der Waals surface area (Å²) >= 11 is 1.35. The summed E-state index contributed by atoms with van der Waals surface area (Å²) in [5.74, 6) is -0.902. The summed E-state index contributed by atoms with van der Waals surface area (Å²) in [4.78, 5) is 28.6. The van der Waals surface area contributed by atoms with Crippen LogP contribution in [0.5, 0.6) is 0 Å². The molecule has 0 bridgehead atoms. The van der Waals surface area contributed by atoms with Crippen molar-refractivity contribution in [2.75, 3.05) is 23.3 Å². The van der Waals surface area contributed by atoms with Gasteiger partial charge >= 0.3 is 6.18 Å². The van der Waals surface area contributed by atoms with E-state index in [1.807, 2.05) is 44.2 Å². The average Bonchev–Trinajstić information content (AvgIpc) is 3.55. The van der Waals surface area contributed by atoms with Gasteiger partial charge in [0.1, 0.15) is 5.00 Å². The van der Waals surface area contributed by atoms with Gasteiger partial charge in [0.25, 0.3) is 5.91 Å². The van der Waals surface area contributed by atoms with E-state index in [-0.39, 0.29) is 24.2 Å². The molecule has 2 aromatic heterocycles. The fraction of sp³-hybridized carbons (Fsp3) is 0.517. The summed E-state index contributed by atoms with van der Waals surface area (Å²) in [6, 6.07) is 8.90. The Labute approximate surface area is 241 Å². The molecular formula is C29H35F3N6O2S. The highest BCUT2D eigenvalue weighted by molar-refractivity contribution is 7.17. The predicted molar refractivity (Wildman–Crippen MR) is 152 cm³/mol. The predicted octanol–water partition coefficient (Wildman–Crippen LogP) is 5.99. The molecule has 1 fully saturated rings. The van der Waals surface area contributed by atoms with Crippen molar-refractivity contribution in [3.05, 3.63) is 57.7 Å². The molecule has 2 aliphatic rings. The molecule has 2 N–H and O–H groups in total. The zero-order chi connectivity index (χ0) is 29.1. The molecular weight excluding hydrogens is 553 g/mol. The van der Waals surface area contributed by atoms with Crippen molar-refractivity contribution < 1.29 is 22.8 Å². The van der Waals surface area contributed by atoms with Gasteiger partial charge in [-0.2, -0.15) is 13.2 Å². The van der Waals surface area contributed by atoms with Crippen molar-refractivity contribution in [1.82, 2.24) is 20.1 Å². The third-order valence-electron chi connectivity index (χ3n) is 7.62. The summed E-state index contributed by atoms with van der Waals surface area (Å²) in [5, 5.41) is 14.0. The van der Waals surface area contributed by atoms with Crippen LogP contribution in [0.15, 0.2) is 30.3 Å². The maximum atomic E-state index is 14.3. The molecule has 2 amide bonds. The van der Waals surface area contributed by atoms with Crippen molar-refractivity contribution in [2.45, 2.75) is 77.6 Å². The Morgan fingerprint density at radius 1 is 1.12 bits per heavy atom. The second-order valence-corrected chi connectivity index (χ2v) is 11.9. The number of nitrogens with zero attached hydrogens (tertiary/aromatic N) is 4. The molecule has 8 nitrogen and oxygen atoms in total. The Balaban J connectivity index is 1.51. The first-order valence-electron chi connectivity index (χ1n) is 14.2. The Kier molecular flexibility index (Phi) is 8.67. The lowest BCUT2D eigenvalue weighted by Crippen LogP contribution is -2.31. The standard InChI is InChI=1S/C29H35F3N6O2S/c1-3-8-23(39)34-26-24(25(40)33-16-18-11-12-18)21-15-20(13-14-22(21)41-26)38-27(29(30,31)32)35-36-28(38)37(4-2)17-19-9-6-5-7-10-19/h5-7,9-10,18,20H,3-4,8,11-17H2,1-2H3,(H,33,40)(H,34,39). The molecule has 0 radical (unpaired) electrons. The highest BCUT2D eigenvalue weighted by Gasteiger charge is 2.42. The van der Waals surface area contributed by atoms with Crippen LogP contribution < -0.4 is 15.5 Å². The molecule has 220 valence electrons. The van der Waals surface area contributed by atoms with E-state index in [1.54, 1.807) is 4.90 Å². The summed E-state index contributed by atoms with van der Waals surface area (Å²) in [6.07, 6.45) is -0.464. The Hall–Kier alpha value is -3.41. The van der Waals surface area contributed by atoms with Crippen molar-refractivity contribution >= 4 is 34.1 Å². The molecule has 1 saturated carbocycles. The monoisotopic (exact) mass is 588 g/mol. The quantitative estimate of drug-likeness (QED) is 0.287. The smallest absolute Gasteiger partial charge is 0.352 e. The third kappa shape index (κ3) is 6.58. The van der Waals surface area contributed by atoms with Gasteiger partial charge in [0, 0.05) is 37.0 Å². The van der Waals surface area contributed by atoms with Gasteiger partial charge in [-0.3, -0.25) is 14.2 Å². The Morgan fingerprint density at radius 2 is 1.88 bits per heavy atom. The molecule has 2 heterocycles. The lowest BCUT2D eigenvalue weighted by Gasteiger charge is -2.30. The summed E-state index contributed by atoms with van der Waals surface area (Å²) < 4.78 is 44.0. The third-order valence-corrected chi connectivity index (χ3v) is 8.82. The van der Waals surface area contributed by atoms with Gasteiger partial charge in [-0.1, -0.05) is 37.3 Å². The fourth-order valence-electron chi connectivity index (χ4n) is 5.33. The number of thiophene rings is 1. The number of hydrogen-bond acceptors (Lipinski definition) is 6. The number of rotatable bonds is 11. The van der Waals surface area contributed by atoms with Crippen molar-refractivity contribution in [3.8, 4) is 0 Å². The second-order valence-electron chi connectivity index (χ2n) is 10.7. The normalized spacial score (nSPS) is 16.8. The molecule has 1 unspecified atom stereocenters. The van der Waals surface area contributed by atoms with E-state index in [9.17, 15) is 22.8 Å². The van der Waals surface area contributed by atoms with Crippen molar-refractivity contribution in [1.29, 1.82) is 0 Å². The first-order valence-corrected chi connectivity index (χ1v) is 15.0. The lowest BCUT2D eigenvalue weighted by atomic mass is 9.90. The summed E-state index contributed by atoms with van der Waals surface area (Å²) in [7, 11) is 0. The van der Waals surface area contributed by atoms with Crippen LogP contribution in [-0.4, -0.2) is 39.7 Å². The fourth-order valence-corrected chi connectivity index (χ4v) is 6.59. The minimum atomic E-state index is -4.70. The molecule has 12 heteroatoms. The van der Waals surface area contributed by atoms with Gasteiger partial charge < -0.3 is 15.5 Å². The largest absolute Gasteiger partial charge is 0.451 e. The lowest BCUT2D eigenvalue weighted by molar-refractivity contribution is -0.148.